The van der Waals surface area contributed by atoms with Gasteiger partial charge in [-0.05, 0) is 25.3 Å². The van der Waals surface area contributed by atoms with Crippen molar-refractivity contribution in [3.8, 4) is 0 Å². The summed E-state index contributed by atoms with van der Waals surface area (Å²) in [6.45, 7) is 2.13. The number of nitrogens with zero attached hydrogens (tertiary/aromatic N) is 1. The minimum absolute atomic E-state index is 0.311. The van der Waals surface area contributed by atoms with E-state index in [1.807, 2.05) is 6.07 Å². The van der Waals surface area contributed by atoms with E-state index in [4.69, 9.17) is 4.99 Å². The predicted octanol–water partition coefficient (Wildman–Crippen LogP) is 2.95. The second-order valence-corrected chi connectivity index (χ2v) is 5.52. The summed E-state index contributed by atoms with van der Waals surface area (Å²) in [5.74, 6) is 1.78. The summed E-state index contributed by atoms with van der Waals surface area (Å²) >= 11 is 0. The number of rotatable bonds is 2. The molecule has 0 radical (unpaired) electrons. The Morgan fingerprint density at radius 3 is 2.56 bits per heavy atom. The monoisotopic (exact) mass is 243 g/mol. The van der Waals surface area contributed by atoms with Crippen LogP contribution in [0.1, 0.15) is 44.6 Å². The Morgan fingerprint density at radius 1 is 1.11 bits per heavy atom. The molecule has 1 aliphatic heterocycles. The molecular weight excluding hydrogens is 222 g/mol. The van der Waals surface area contributed by atoms with Crippen LogP contribution in [0.15, 0.2) is 35.3 Å². The lowest BCUT2D eigenvalue weighted by molar-refractivity contribution is 0.396. The Labute approximate surface area is 109 Å². The van der Waals surface area contributed by atoms with Gasteiger partial charge in [0.15, 0.2) is 5.66 Å². The van der Waals surface area contributed by atoms with Gasteiger partial charge in [-0.1, -0.05) is 49.6 Å². The first-order valence-electron chi connectivity index (χ1n) is 6.96. The van der Waals surface area contributed by atoms with Crippen LogP contribution in [-0.4, -0.2) is 5.84 Å². The van der Waals surface area contributed by atoms with Crippen LogP contribution in [0.2, 0.25) is 0 Å². The lowest BCUT2D eigenvalue weighted by Gasteiger charge is -2.21. The van der Waals surface area contributed by atoms with E-state index in [-0.39, 0.29) is 5.66 Å². The van der Waals surface area contributed by atoms with E-state index in [1.54, 1.807) is 0 Å². The number of hydrogen-bond acceptors (Lipinski definition) is 3. The fraction of sp³-hybridized carbons (Fsp3) is 0.533. The molecule has 0 saturated heterocycles. The average molecular weight is 243 g/mol. The summed E-state index contributed by atoms with van der Waals surface area (Å²) in [5, 5.41) is 0. The van der Waals surface area contributed by atoms with Gasteiger partial charge in [-0.15, -0.1) is 0 Å². The van der Waals surface area contributed by atoms with Crippen molar-refractivity contribution in [2.75, 3.05) is 0 Å². The molecule has 0 amide bonds. The lowest BCUT2D eigenvalue weighted by atomic mass is 9.88. The van der Waals surface area contributed by atoms with Crippen molar-refractivity contribution >= 4 is 5.84 Å². The fourth-order valence-corrected chi connectivity index (χ4v) is 2.95. The second kappa shape index (κ2) is 4.73. The van der Waals surface area contributed by atoms with Gasteiger partial charge >= 0.3 is 0 Å². The quantitative estimate of drug-likeness (QED) is 0.838. The number of aliphatic imine (C=N–C) groups is 1. The van der Waals surface area contributed by atoms with Gasteiger partial charge in [-0.25, -0.2) is 10.4 Å². The molecule has 3 rings (SSSR count). The zero-order chi connectivity index (χ0) is 12.4. The summed E-state index contributed by atoms with van der Waals surface area (Å²) in [6.07, 6.45) is 6.62. The van der Waals surface area contributed by atoms with E-state index in [2.05, 4.69) is 42.0 Å². The molecule has 0 spiro atoms. The number of amidine groups is 1. The summed E-state index contributed by atoms with van der Waals surface area (Å²) < 4.78 is 0. The van der Waals surface area contributed by atoms with Crippen molar-refractivity contribution in [1.29, 1.82) is 0 Å². The van der Waals surface area contributed by atoms with E-state index in [0.29, 0.717) is 5.92 Å². The average Bonchev–Trinajstić information content (AvgIpc) is 2.85. The lowest BCUT2D eigenvalue weighted by Crippen LogP contribution is -2.42. The van der Waals surface area contributed by atoms with E-state index < -0.39 is 0 Å². The predicted molar refractivity (Wildman–Crippen MR) is 74.1 cm³/mol. The highest BCUT2D eigenvalue weighted by Crippen LogP contribution is 2.30. The van der Waals surface area contributed by atoms with Crippen LogP contribution >= 0.6 is 0 Å². The van der Waals surface area contributed by atoms with Crippen LogP contribution in [-0.2, 0) is 5.66 Å². The van der Waals surface area contributed by atoms with Crippen molar-refractivity contribution in [3.63, 3.8) is 0 Å². The third-order valence-electron chi connectivity index (χ3n) is 4.11. The number of hydrazine groups is 1. The Balaban J connectivity index is 1.81. The molecule has 1 aliphatic carbocycles. The van der Waals surface area contributed by atoms with Crippen LogP contribution in [0.3, 0.4) is 0 Å². The first-order chi connectivity index (χ1) is 8.78. The van der Waals surface area contributed by atoms with Gasteiger partial charge in [-0.2, -0.15) is 0 Å². The number of hydrogen-bond donors (Lipinski definition) is 2. The number of nitrogens with one attached hydrogen (secondary N) is 2. The van der Waals surface area contributed by atoms with E-state index in [9.17, 15) is 0 Å². The second-order valence-electron chi connectivity index (χ2n) is 5.52. The van der Waals surface area contributed by atoms with Gasteiger partial charge in [0, 0.05) is 5.92 Å². The van der Waals surface area contributed by atoms with Gasteiger partial charge in [0.2, 0.25) is 0 Å². The summed E-state index contributed by atoms with van der Waals surface area (Å²) in [6, 6.07) is 10.4. The summed E-state index contributed by atoms with van der Waals surface area (Å²) in [5.41, 5.74) is 7.56. The van der Waals surface area contributed by atoms with Crippen molar-refractivity contribution in [2.45, 2.75) is 44.7 Å². The highest BCUT2D eigenvalue weighted by Gasteiger charge is 2.34. The molecule has 1 fully saturated rings. The molecule has 2 aliphatic rings. The van der Waals surface area contributed by atoms with Gasteiger partial charge in [0.05, 0.1) is 0 Å². The number of benzene rings is 1. The first kappa shape index (κ1) is 11.7. The van der Waals surface area contributed by atoms with Crippen LogP contribution in [0.5, 0.6) is 0 Å². The molecular formula is C15H21N3. The zero-order valence-electron chi connectivity index (χ0n) is 10.9. The molecule has 1 atom stereocenters. The summed E-state index contributed by atoms with van der Waals surface area (Å²) in [7, 11) is 0. The largest absolute Gasteiger partial charge is 0.307 e. The van der Waals surface area contributed by atoms with E-state index >= 15 is 0 Å². The third kappa shape index (κ3) is 2.15. The van der Waals surface area contributed by atoms with Crippen LogP contribution in [0.4, 0.5) is 0 Å². The Hall–Kier alpha value is -1.35. The zero-order valence-corrected chi connectivity index (χ0v) is 10.9. The third-order valence-corrected chi connectivity index (χ3v) is 4.11. The first-order valence-corrected chi connectivity index (χ1v) is 6.96. The molecule has 1 unspecified atom stereocenters. The minimum atomic E-state index is -0.311. The Bertz CT molecular complexity index is 434. The molecule has 96 valence electrons. The Morgan fingerprint density at radius 2 is 1.83 bits per heavy atom. The van der Waals surface area contributed by atoms with Crippen LogP contribution in [0, 0.1) is 5.92 Å². The maximum absolute atomic E-state index is 4.91. The topological polar surface area (TPSA) is 36.4 Å². The molecule has 0 bridgehead atoms. The molecule has 0 aromatic heterocycles. The molecule has 1 saturated carbocycles. The van der Waals surface area contributed by atoms with Crippen molar-refractivity contribution in [2.24, 2.45) is 10.9 Å². The SMILES string of the molecule is CC1(c2ccccc2)N=C(C2CCCCC2)NN1. The highest BCUT2D eigenvalue weighted by molar-refractivity contribution is 5.86. The van der Waals surface area contributed by atoms with E-state index in [1.165, 1.54) is 37.7 Å². The molecule has 1 aromatic carbocycles. The van der Waals surface area contributed by atoms with Crippen molar-refractivity contribution in [3.05, 3.63) is 35.9 Å². The standard InChI is InChI=1S/C15H21N3/c1-15(13-10-6-3-7-11-13)16-14(17-18-15)12-8-4-2-5-9-12/h3,6-7,10-12,18H,2,4-5,8-9H2,1H3,(H,16,17). The summed E-state index contributed by atoms with van der Waals surface area (Å²) in [4.78, 5) is 4.91. The van der Waals surface area contributed by atoms with Gasteiger partial charge in [0.1, 0.15) is 5.84 Å². The molecule has 18 heavy (non-hydrogen) atoms. The van der Waals surface area contributed by atoms with Crippen LogP contribution < -0.4 is 10.9 Å². The normalized spacial score (nSPS) is 28.8. The van der Waals surface area contributed by atoms with E-state index in [0.717, 1.165) is 5.84 Å². The molecule has 2 N–H and O–H groups in total. The van der Waals surface area contributed by atoms with Gasteiger partial charge in [-0.3, -0.25) is 0 Å². The Kier molecular flexibility index (Phi) is 3.08. The maximum Gasteiger partial charge on any atom is 0.151 e. The van der Waals surface area contributed by atoms with Crippen molar-refractivity contribution < 1.29 is 0 Å². The van der Waals surface area contributed by atoms with Gasteiger partial charge < -0.3 is 5.43 Å². The highest BCUT2D eigenvalue weighted by atomic mass is 15.5. The molecule has 3 nitrogen and oxygen atoms in total. The molecule has 3 heteroatoms. The van der Waals surface area contributed by atoms with Crippen molar-refractivity contribution in [1.82, 2.24) is 10.9 Å². The van der Waals surface area contributed by atoms with Crippen LogP contribution in [0.25, 0.3) is 0 Å². The maximum atomic E-state index is 4.91. The van der Waals surface area contributed by atoms with Gasteiger partial charge in [0.25, 0.3) is 0 Å². The molecule has 1 heterocycles. The minimum Gasteiger partial charge on any atom is -0.307 e. The smallest absolute Gasteiger partial charge is 0.151 e. The molecule has 1 aromatic rings. The fourth-order valence-electron chi connectivity index (χ4n) is 2.95.